The van der Waals surface area contributed by atoms with E-state index in [1.165, 1.54) is 5.56 Å². The van der Waals surface area contributed by atoms with Crippen molar-refractivity contribution in [2.75, 3.05) is 6.79 Å². The lowest BCUT2D eigenvalue weighted by atomic mass is 10.1. The molecule has 0 bridgehead atoms. The highest BCUT2D eigenvalue weighted by molar-refractivity contribution is 5.62. The predicted octanol–water partition coefficient (Wildman–Crippen LogP) is 1.82. The number of hydrogen-bond acceptors (Lipinski definition) is 4. The Morgan fingerprint density at radius 2 is 2.00 bits per heavy atom. The third-order valence-corrected chi connectivity index (χ3v) is 2.29. The summed E-state index contributed by atoms with van der Waals surface area (Å²) in [7, 11) is 0. The number of ether oxygens (including phenoxy) is 2. The van der Waals surface area contributed by atoms with Crippen LogP contribution in [0.15, 0.2) is 18.2 Å². The summed E-state index contributed by atoms with van der Waals surface area (Å²) in [5, 5.41) is 16.6. The number of carboxylic acid groups (broad SMARTS) is 1. The molecule has 1 heterocycles. The molecule has 0 aliphatic carbocycles. The van der Waals surface area contributed by atoms with Crippen LogP contribution >= 0.6 is 0 Å². The highest BCUT2D eigenvalue weighted by atomic mass is 16.7. The maximum absolute atomic E-state index is 9.15. The minimum absolute atomic E-state index is 0.250. The molecule has 0 radical (unpaired) electrons. The lowest BCUT2D eigenvalue weighted by Gasteiger charge is -2.04. The average molecular weight is 254 g/mol. The molecule has 0 amide bonds. The van der Waals surface area contributed by atoms with Crippen LogP contribution in [0.2, 0.25) is 0 Å². The summed E-state index contributed by atoms with van der Waals surface area (Å²) in [6.07, 6.45) is 1.40. The SMILES string of the molecule is CC(=O)O.CC(O)CCc1ccc2c(c1)OCO2. The summed E-state index contributed by atoms with van der Waals surface area (Å²) in [5.41, 5.74) is 1.18. The van der Waals surface area contributed by atoms with Crippen LogP contribution in [-0.4, -0.2) is 29.1 Å². The summed E-state index contributed by atoms with van der Waals surface area (Å²) >= 11 is 0. The first-order chi connectivity index (χ1) is 8.49. The van der Waals surface area contributed by atoms with Crippen molar-refractivity contribution < 1.29 is 24.5 Å². The van der Waals surface area contributed by atoms with Crippen LogP contribution in [-0.2, 0) is 11.2 Å². The number of aryl methyl sites for hydroxylation is 1. The zero-order valence-corrected chi connectivity index (χ0v) is 10.5. The molecule has 0 aromatic heterocycles. The fraction of sp³-hybridized carbons (Fsp3) is 0.462. The van der Waals surface area contributed by atoms with Crippen LogP contribution in [0, 0.1) is 0 Å². The number of carboxylic acids is 1. The van der Waals surface area contributed by atoms with Crippen LogP contribution in [0.5, 0.6) is 11.5 Å². The number of aliphatic carboxylic acids is 1. The molecule has 18 heavy (non-hydrogen) atoms. The maximum atomic E-state index is 9.15. The number of rotatable bonds is 3. The van der Waals surface area contributed by atoms with Gasteiger partial charge in [0.1, 0.15) is 0 Å². The number of hydrogen-bond donors (Lipinski definition) is 2. The lowest BCUT2D eigenvalue weighted by molar-refractivity contribution is -0.134. The normalized spacial score (nSPS) is 13.5. The number of aliphatic hydroxyl groups is 1. The molecule has 0 saturated carbocycles. The highest BCUT2D eigenvalue weighted by Crippen LogP contribution is 2.32. The van der Waals surface area contributed by atoms with Crippen LogP contribution < -0.4 is 9.47 Å². The number of fused-ring (bicyclic) bond motifs is 1. The molecular weight excluding hydrogens is 236 g/mol. The molecule has 1 unspecified atom stereocenters. The smallest absolute Gasteiger partial charge is 0.300 e. The quantitative estimate of drug-likeness (QED) is 0.860. The summed E-state index contributed by atoms with van der Waals surface area (Å²) in [5.74, 6) is 0.791. The second-order valence-electron chi connectivity index (χ2n) is 4.09. The van der Waals surface area contributed by atoms with Gasteiger partial charge in [-0.1, -0.05) is 6.07 Å². The van der Waals surface area contributed by atoms with Crippen molar-refractivity contribution in [3.05, 3.63) is 23.8 Å². The van der Waals surface area contributed by atoms with E-state index in [2.05, 4.69) is 0 Å². The zero-order valence-electron chi connectivity index (χ0n) is 10.5. The standard InChI is InChI=1S/C11H14O3.C2H4O2/c1-8(12)2-3-9-4-5-10-11(6-9)14-7-13-10;1-2(3)4/h4-6,8,12H,2-3,7H2,1H3;1H3,(H,3,4). The van der Waals surface area contributed by atoms with E-state index < -0.39 is 5.97 Å². The van der Waals surface area contributed by atoms with Gasteiger partial charge in [-0.3, -0.25) is 4.79 Å². The van der Waals surface area contributed by atoms with E-state index in [1.54, 1.807) is 6.92 Å². The van der Waals surface area contributed by atoms with Gasteiger partial charge < -0.3 is 19.7 Å². The van der Waals surface area contributed by atoms with Crippen molar-refractivity contribution in [2.45, 2.75) is 32.8 Å². The summed E-state index contributed by atoms with van der Waals surface area (Å²) < 4.78 is 10.5. The Bertz CT molecular complexity index is 396. The Hall–Kier alpha value is -1.75. The highest BCUT2D eigenvalue weighted by Gasteiger charge is 2.12. The average Bonchev–Trinajstić information content (AvgIpc) is 2.72. The van der Waals surface area contributed by atoms with E-state index in [1.807, 2.05) is 18.2 Å². The van der Waals surface area contributed by atoms with Gasteiger partial charge in [0.25, 0.3) is 5.97 Å². The van der Waals surface area contributed by atoms with Gasteiger partial charge in [-0.15, -0.1) is 0 Å². The molecular formula is C13H18O5. The van der Waals surface area contributed by atoms with Crippen molar-refractivity contribution in [2.24, 2.45) is 0 Å². The Morgan fingerprint density at radius 1 is 1.39 bits per heavy atom. The van der Waals surface area contributed by atoms with E-state index in [9.17, 15) is 0 Å². The van der Waals surface area contributed by atoms with Crippen molar-refractivity contribution in [1.82, 2.24) is 0 Å². The minimum atomic E-state index is -0.833. The van der Waals surface area contributed by atoms with Gasteiger partial charge in [0, 0.05) is 6.92 Å². The first-order valence-corrected chi connectivity index (χ1v) is 5.75. The van der Waals surface area contributed by atoms with Gasteiger partial charge in [0.2, 0.25) is 6.79 Å². The molecule has 2 rings (SSSR count). The third-order valence-electron chi connectivity index (χ3n) is 2.29. The van der Waals surface area contributed by atoms with Crippen LogP contribution in [0.3, 0.4) is 0 Å². The molecule has 1 aliphatic rings. The van der Waals surface area contributed by atoms with Gasteiger partial charge in [-0.05, 0) is 37.5 Å². The molecule has 100 valence electrons. The van der Waals surface area contributed by atoms with Crippen molar-refractivity contribution in [1.29, 1.82) is 0 Å². The molecule has 1 aliphatic heterocycles. The predicted molar refractivity (Wildman–Crippen MR) is 65.9 cm³/mol. The molecule has 0 spiro atoms. The Labute approximate surface area is 106 Å². The second kappa shape index (κ2) is 6.86. The fourth-order valence-electron chi connectivity index (χ4n) is 1.47. The largest absolute Gasteiger partial charge is 0.481 e. The van der Waals surface area contributed by atoms with Gasteiger partial charge in [0.05, 0.1) is 6.10 Å². The number of carbonyl (C=O) groups is 1. The third kappa shape index (κ3) is 5.05. The topological polar surface area (TPSA) is 76.0 Å². The maximum Gasteiger partial charge on any atom is 0.300 e. The van der Waals surface area contributed by atoms with Crippen molar-refractivity contribution in [3.63, 3.8) is 0 Å². The first-order valence-electron chi connectivity index (χ1n) is 5.75. The summed E-state index contributed by atoms with van der Waals surface area (Å²) in [4.78, 5) is 9.00. The van der Waals surface area contributed by atoms with Crippen molar-refractivity contribution in [3.8, 4) is 11.5 Å². The Kier molecular flexibility index (Phi) is 5.45. The van der Waals surface area contributed by atoms with Gasteiger partial charge in [-0.25, -0.2) is 0 Å². The lowest BCUT2D eigenvalue weighted by Crippen LogP contribution is -2.01. The zero-order chi connectivity index (χ0) is 13.5. The first kappa shape index (κ1) is 14.3. The van der Waals surface area contributed by atoms with Crippen molar-refractivity contribution >= 4 is 5.97 Å². The van der Waals surface area contributed by atoms with E-state index in [0.717, 1.165) is 31.3 Å². The molecule has 2 N–H and O–H groups in total. The molecule has 0 saturated heterocycles. The van der Waals surface area contributed by atoms with Crippen LogP contribution in [0.1, 0.15) is 25.8 Å². The van der Waals surface area contributed by atoms with E-state index in [4.69, 9.17) is 24.5 Å². The summed E-state index contributed by atoms with van der Waals surface area (Å²) in [6.45, 7) is 3.20. The fourth-order valence-corrected chi connectivity index (χ4v) is 1.47. The van der Waals surface area contributed by atoms with E-state index in [-0.39, 0.29) is 6.10 Å². The Morgan fingerprint density at radius 3 is 2.61 bits per heavy atom. The molecule has 5 nitrogen and oxygen atoms in total. The van der Waals surface area contributed by atoms with Gasteiger partial charge in [0.15, 0.2) is 11.5 Å². The molecule has 0 fully saturated rings. The van der Waals surface area contributed by atoms with Gasteiger partial charge >= 0.3 is 0 Å². The molecule has 1 aromatic carbocycles. The van der Waals surface area contributed by atoms with E-state index >= 15 is 0 Å². The summed E-state index contributed by atoms with van der Waals surface area (Å²) in [6, 6.07) is 5.90. The molecule has 1 atom stereocenters. The van der Waals surface area contributed by atoms with E-state index in [0.29, 0.717) is 6.79 Å². The van der Waals surface area contributed by atoms with Crippen LogP contribution in [0.4, 0.5) is 0 Å². The Balaban J connectivity index is 0.000000357. The minimum Gasteiger partial charge on any atom is -0.481 e. The molecule has 1 aromatic rings. The van der Waals surface area contributed by atoms with Crippen LogP contribution in [0.25, 0.3) is 0 Å². The van der Waals surface area contributed by atoms with Gasteiger partial charge in [-0.2, -0.15) is 0 Å². The monoisotopic (exact) mass is 254 g/mol. The number of aliphatic hydroxyl groups excluding tert-OH is 1. The second-order valence-corrected chi connectivity index (χ2v) is 4.09. The molecule has 5 heteroatoms. The number of benzene rings is 1.